The molecule has 0 aliphatic rings. The van der Waals surface area contributed by atoms with Crippen LogP contribution in [0.4, 0.5) is 0 Å². The van der Waals surface area contributed by atoms with Crippen molar-refractivity contribution in [2.24, 2.45) is 0 Å². The van der Waals surface area contributed by atoms with E-state index in [-0.39, 0.29) is 0 Å². The van der Waals surface area contributed by atoms with Gasteiger partial charge in [0.2, 0.25) is 0 Å². The lowest BCUT2D eigenvalue weighted by Gasteiger charge is -2.04. The Morgan fingerprint density at radius 3 is 2.65 bits per heavy atom. The number of hydrogen-bond acceptors (Lipinski definition) is 4. The van der Waals surface area contributed by atoms with Crippen molar-refractivity contribution in [2.45, 2.75) is 19.8 Å². The maximum atomic E-state index is 4.74. The largest absolute Gasteiger partial charge is 0.265 e. The number of nitrogens with zero attached hydrogens (tertiary/aromatic N) is 3. The Morgan fingerprint density at radius 2 is 1.85 bits per heavy atom. The van der Waals surface area contributed by atoms with E-state index in [1.165, 1.54) is 5.56 Å². The van der Waals surface area contributed by atoms with Crippen LogP contribution >= 0.6 is 11.3 Å². The summed E-state index contributed by atoms with van der Waals surface area (Å²) in [4.78, 5) is 13.0. The van der Waals surface area contributed by atoms with Crippen LogP contribution in [-0.4, -0.2) is 15.0 Å². The first kappa shape index (κ1) is 12.9. The SMILES string of the molecule is CCCc1ccncc1-c1csc(-c2ccncc2)n1. The van der Waals surface area contributed by atoms with E-state index in [1.807, 2.05) is 24.5 Å². The molecule has 0 aliphatic heterocycles. The highest BCUT2D eigenvalue weighted by Gasteiger charge is 2.10. The van der Waals surface area contributed by atoms with Crippen molar-refractivity contribution >= 4 is 11.3 Å². The van der Waals surface area contributed by atoms with Gasteiger partial charge in [0.1, 0.15) is 5.01 Å². The zero-order chi connectivity index (χ0) is 13.8. The fourth-order valence-electron chi connectivity index (χ4n) is 2.17. The third kappa shape index (κ3) is 2.60. The first-order valence-corrected chi connectivity index (χ1v) is 7.55. The lowest BCUT2D eigenvalue weighted by atomic mass is 10.0. The van der Waals surface area contributed by atoms with Crippen LogP contribution < -0.4 is 0 Å². The standard InChI is InChI=1S/C16H15N3S/c1-2-3-12-4-9-18-10-14(12)15-11-20-16(19-15)13-5-7-17-8-6-13/h4-11H,2-3H2,1H3. The molecule has 0 radical (unpaired) electrons. The summed E-state index contributed by atoms with van der Waals surface area (Å²) >= 11 is 1.66. The number of rotatable bonds is 4. The van der Waals surface area contributed by atoms with Gasteiger partial charge >= 0.3 is 0 Å². The highest BCUT2D eigenvalue weighted by atomic mass is 32.1. The monoisotopic (exact) mass is 281 g/mol. The van der Waals surface area contributed by atoms with Gasteiger partial charge in [-0.2, -0.15) is 0 Å². The van der Waals surface area contributed by atoms with E-state index in [0.717, 1.165) is 34.7 Å². The number of aromatic nitrogens is 3. The van der Waals surface area contributed by atoms with Gasteiger partial charge in [-0.1, -0.05) is 13.3 Å². The first-order chi connectivity index (χ1) is 9.88. The molecule has 3 aromatic rings. The van der Waals surface area contributed by atoms with E-state index in [2.05, 4.69) is 28.3 Å². The molecule has 0 N–H and O–H groups in total. The summed E-state index contributed by atoms with van der Waals surface area (Å²) in [5.41, 5.74) is 4.58. The third-order valence-electron chi connectivity index (χ3n) is 3.14. The second kappa shape index (κ2) is 5.92. The van der Waals surface area contributed by atoms with Gasteiger partial charge in [-0.3, -0.25) is 9.97 Å². The van der Waals surface area contributed by atoms with Crippen LogP contribution in [0.5, 0.6) is 0 Å². The minimum Gasteiger partial charge on any atom is -0.265 e. The average molecular weight is 281 g/mol. The zero-order valence-corrected chi connectivity index (χ0v) is 12.1. The Labute approximate surface area is 122 Å². The molecule has 3 rings (SSSR count). The summed E-state index contributed by atoms with van der Waals surface area (Å²) in [7, 11) is 0. The molecular weight excluding hydrogens is 266 g/mol. The number of hydrogen-bond donors (Lipinski definition) is 0. The van der Waals surface area contributed by atoms with Crippen molar-refractivity contribution in [1.29, 1.82) is 0 Å². The minimum absolute atomic E-state index is 1.01. The van der Waals surface area contributed by atoms with Crippen LogP contribution in [0.2, 0.25) is 0 Å². The molecule has 0 aromatic carbocycles. The van der Waals surface area contributed by atoms with Crippen molar-refractivity contribution < 1.29 is 0 Å². The van der Waals surface area contributed by atoms with E-state index in [0.29, 0.717) is 0 Å². The van der Waals surface area contributed by atoms with Gasteiger partial charge in [-0.25, -0.2) is 4.98 Å². The highest BCUT2D eigenvalue weighted by Crippen LogP contribution is 2.30. The van der Waals surface area contributed by atoms with Gasteiger partial charge in [-0.15, -0.1) is 11.3 Å². The van der Waals surface area contributed by atoms with E-state index in [4.69, 9.17) is 4.98 Å². The summed E-state index contributed by atoms with van der Waals surface area (Å²) in [6, 6.07) is 6.06. The van der Waals surface area contributed by atoms with Crippen molar-refractivity contribution in [3.63, 3.8) is 0 Å². The number of thiazole rings is 1. The van der Waals surface area contributed by atoms with Crippen LogP contribution in [0, 0.1) is 0 Å². The number of aryl methyl sites for hydroxylation is 1. The van der Waals surface area contributed by atoms with E-state index >= 15 is 0 Å². The van der Waals surface area contributed by atoms with E-state index in [9.17, 15) is 0 Å². The van der Waals surface area contributed by atoms with Crippen LogP contribution in [0.25, 0.3) is 21.8 Å². The summed E-state index contributed by atoms with van der Waals surface area (Å²) < 4.78 is 0. The molecule has 0 unspecified atom stereocenters. The lowest BCUT2D eigenvalue weighted by Crippen LogP contribution is -1.91. The number of pyridine rings is 2. The molecule has 0 bridgehead atoms. The van der Waals surface area contributed by atoms with Gasteiger partial charge in [0.15, 0.2) is 0 Å². The fourth-order valence-corrected chi connectivity index (χ4v) is 2.99. The Morgan fingerprint density at radius 1 is 1.05 bits per heavy atom. The average Bonchev–Trinajstić information content (AvgIpc) is 2.99. The molecule has 100 valence electrons. The molecule has 0 saturated heterocycles. The molecule has 0 aliphatic carbocycles. The normalized spacial score (nSPS) is 10.7. The highest BCUT2D eigenvalue weighted by molar-refractivity contribution is 7.13. The Kier molecular flexibility index (Phi) is 3.83. The van der Waals surface area contributed by atoms with Crippen molar-refractivity contribution in [3.05, 3.63) is 53.9 Å². The van der Waals surface area contributed by atoms with Gasteiger partial charge in [-0.05, 0) is 30.2 Å². The van der Waals surface area contributed by atoms with Crippen molar-refractivity contribution in [2.75, 3.05) is 0 Å². The molecule has 0 atom stereocenters. The molecule has 0 fully saturated rings. The smallest absolute Gasteiger partial charge is 0.124 e. The molecule has 0 spiro atoms. The van der Waals surface area contributed by atoms with Crippen LogP contribution in [0.3, 0.4) is 0 Å². The first-order valence-electron chi connectivity index (χ1n) is 6.67. The molecule has 20 heavy (non-hydrogen) atoms. The lowest BCUT2D eigenvalue weighted by molar-refractivity contribution is 0.919. The Balaban J connectivity index is 1.98. The molecule has 0 amide bonds. The van der Waals surface area contributed by atoms with Crippen molar-refractivity contribution in [1.82, 2.24) is 15.0 Å². The molecule has 0 saturated carbocycles. The maximum Gasteiger partial charge on any atom is 0.124 e. The summed E-state index contributed by atoms with van der Waals surface area (Å²) in [6.07, 6.45) is 9.53. The molecule has 3 nitrogen and oxygen atoms in total. The van der Waals surface area contributed by atoms with Crippen LogP contribution in [0.1, 0.15) is 18.9 Å². The van der Waals surface area contributed by atoms with E-state index < -0.39 is 0 Å². The molecule has 3 heterocycles. The molecule has 3 aromatic heterocycles. The van der Waals surface area contributed by atoms with Crippen molar-refractivity contribution in [3.8, 4) is 21.8 Å². The van der Waals surface area contributed by atoms with E-state index in [1.54, 1.807) is 23.7 Å². The second-order valence-electron chi connectivity index (χ2n) is 4.56. The Hall–Kier alpha value is -2.07. The summed E-state index contributed by atoms with van der Waals surface area (Å²) in [5, 5.41) is 3.13. The fraction of sp³-hybridized carbons (Fsp3) is 0.188. The predicted octanol–water partition coefficient (Wildman–Crippen LogP) is 4.22. The second-order valence-corrected chi connectivity index (χ2v) is 5.41. The van der Waals surface area contributed by atoms with Gasteiger partial charge in [0.05, 0.1) is 5.69 Å². The molecular formula is C16H15N3S. The van der Waals surface area contributed by atoms with Gasteiger partial charge < -0.3 is 0 Å². The van der Waals surface area contributed by atoms with Gasteiger partial charge in [0, 0.05) is 41.3 Å². The topological polar surface area (TPSA) is 38.7 Å². The van der Waals surface area contributed by atoms with Crippen LogP contribution in [-0.2, 0) is 6.42 Å². The minimum atomic E-state index is 1.01. The summed E-state index contributed by atoms with van der Waals surface area (Å²) in [6.45, 7) is 2.19. The molecule has 4 heteroatoms. The maximum absolute atomic E-state index is 4.74. The summed E-state index contributed by atoms with van der Waals surface area (Å²) in [5.74, 6) is 0. The quantitative estimate of drug-likeness (QED) is 0.718. The third-order valence-corrected chi connectivity index (χ3v) is 4.03. The Bertz CT molecular complexity index is 692. The zero-order valence-electron chi connectivity index (χ0n) is 11.3. The van der Waals surface area contributed by atoms with Gasteiger partial charge in [0.25, 0.3) is 0 Å². The predicted molar refractivity (Wildman–Crippen MR) is 82.6 cm³/mol. The van der Waals surface area contributed by atoms with Crippen LogP contribution in [0.15, 0.2) is 48.4 Å².